The lowest BCUT2D eigenvalue weighted by atomic mass is 10.1. The molecule has 0 aliphatic heterocycles. The average molecular weight is 348 g/mol. The lowest BCUT2D eigenvalue weighted by Crippen LogP contribution is -2.28. The molecule has 0 saturated carbocycles. The molecule has 2 aromatic heterocycles. The zero-order valence-electron chi connectivity index (χ0n) is 14.5. The molecule has 0 radical (unpaired) electrons. The fourth-order valence-corrected chi connectivity index (χ4v) is 2.48. The molecule has 3 rings (SSSR count). The van der Waals surface area contributed by atoms with E-state index in [1.807, 2.05) is 49.4 Å². The molecule has 3 aromatic rings. The quantitative estimate of drug-likeness (QED) is 0.662. The molecule has 0 fully saturated rings. The van der Waals surface area contributed by atoms with Crippen LogP contribution in [0.15, 0.2) is 65.5 Å². The van der Waals surface area contributed by atoms with E-state index in [-0.39, 0.29) is 5.91 Å². The Balaban J connectivity index is 1.79. The van der Waals surface area contributed by atoms with Crippen molar-refractivity contribution in [3.05, 3.63) is 83.8 Å². The number of carbonyl (C=O) groups is 1. The van der Waals surface area contributed by atoms with Crippen molar-refractivity contribution in [1.82, 2.24) is 20.4 Å². The van der Waals surface area contributed by atoms with E-state index in [1.54, 1.807) is 18.5 Å². The fourth-order valence-electron chi connectivity index (χ4n) is 2.48. The number of nitrogens with zero attached hydrogens (tertiary/aromatic N) is 3. The first-order valence-corrected chi connectivity index (χ1v) is 8.52. The maximum absolute atomic E-state index is 12.4. The summed E-state index contributed by atoms with van der Waals surface area (Å²) in [5.74, 6) is 0.774. The highest BCUT2D eigenvalue weighted by atomic mass is 16.5. The number of nitrogens with one attached hydrogen (secondary N) is 1. The molecular weight excluding hydrogens is 328 g/mol. The SMILES string of the molecule is CCCc1nc([C@H](NC(=O)/C=C/c2cccnc2)c2ccccc2)no1. The number of pyridine rings is 1. The zero-order chi connectivity index (χ0) is 18.2. The van der Waals surface area contributed by atoms with Gasteiger partial charge >= 0.3 is 0 Å². The van der Waals surface area contributed by atoms with E-state index >= 15 is 0 Å². The molecule has 6 heteroatoms. The largest absolute Gasteiger partial charge is 0.339 e. The zero-order valence-corrected chi connectivity index (χ0v) is 14.5. The molecule has 1 aromatic carbocycles. The van der Waals surface area contributed by atoms with Crippen LogP contribution in [0, 0.1) is 0 Å². The Morgan fingerprint density at radius 3 is 2.81 bits per heavy atom. The molecule has 0 unspecified atom stereocenters. The van der Waals surface area contributed by atoms with Crippen LogP contribution in [0.3, 0.4) is 0 Å². The van der Waals surface area contributed by atoms with Gasteiger partial charge in [-0.2, -0.15) is 4.98 Å². The number of amides is 1. The summed E-state index contributed by atoms with van der Waals surface area (Å²) in [6.45, 7) is 2.05. The smallest absolute Gasteiger partial charge is 0.244 e. The first-order chi connectivity index (χ1) is 12.8. The molecule has 1 atom stereocenters. The van der Waals surface area contributed by atoms with E-state index in [4.69, 9.17) is 4.52 Å². The van der Waals surface area contributed by atoms with Crippen molar-refractivity contribution >= 4 is 12.0 Å². The van der Waals surface area contributed by atoms with Crippen LogP contribution in [-0.2, 0) is 11.2 Å². The Labute approximate surface area is 152 Å². The van der Waals surface area contributed by atoms with Gasteiger partial charge in [0.25, 0.3) is 0 Å². The number of aromatic nitrogens is 3. The van der Waals surface area contributed by atoms with E-state index < -0.39 is 6.04 Å². The minimum absolute atomic E-state index is 0.246. The van der Waals surface area contributed by atoms with Gasteiger partial charge in [0.05, 0.1) is 0 Å². The third-order valence-electron chi connectivity index (χ3n) is 3.74. The highest BCUT2D eigenvalue weighted by molar-refractivity contribution is 5.92. The summed E-state index contributed by atoms with van der Waals surface area (Å²) in [5, 5.41) is 6.99. The summed E-state index contributed by atoms with van der Waals surface area (Å²) in [6, 6.07) is 12.8. The number of rotatable bonds is 7. The van der Waals surface area contributed by atoms with Gasteiger partial charge in [0.1, 0.15) is 6.04 Å². The summed E-state index contributed by atoms with van der Waals surface area (Å²) in [4.78, 5) is 20.8. The molecule has 132 valence electrons. The van der Waals surface area contributed by atoms with Crippen molar-refractivity contribution < 1.29 is 9.32 Å². The van der Waals surface area contributed by atoms with Crippen molar-refractivity contribution in [2.24, 2.45) is 0 Å². The highest BCUT2D eigenvalue weighted by Gasteiger charge is 2.21. The number of benzene rings is 1. The number of carbonyl (C=O) groups excluding carboxylic acids is 1. The standard InChI is InChI=1S/C20H20N4O2/c1-2-7-18-23-20(24-26-18)19(16-9-4-3-5-10-16)22-17(25)12-11-15-8-6-13-21-14-15/h3-6,8-14,19H,2,7H2,1H3,(H,22,25)/b12-11+/t19-/m1/s1. The minimum atomic E-state index is -0.475. The van der Waals surface area contributed by atoms with Crippen LogP contribution >= 0.6 is 0 Å². The van der Waals surface area contributed by atoms with Gasteiger partial charge in [-0.1, -0.05) is 48.5 Å². The number of hydrogen-bond acceptors (Lipinski definition) is 5. The van der Waals surface area contributed by atoms with Crippen LogP contribution in [0.1, 0.15) is 42.2 Å². The molecule has 26 heavy (non-hydrogen) atoms. The van der Waals surface area contributed by atoms with Gasteiger partial charge in [0.2, 0.25) is 11.8 Å². The first-order valence-electron chi connectivity index (χ1n) is 8.52. The molecule has 0 aliphatic carbocycles. The van der Waals surface area contributed by atoms with E-state index in [9.17, 15) is 4.79 Å². The van der Waals surface area contributed by atoms with Crippen LogP contribution in [0.5, 0.6) is 0 Å². The third kappa shape index (κ3) is 4.63. The van der Waals surface area contributed by atoms with Crippen LogP contribution in [0.4, 0.5) is 0 Å². The Morgan fingerprint density at radius 2 is 2.08 bits per heavy atom. The predicted octanol–water partition coefficient (Wildman–Crippen LogP) is 3.34. The second-order valence-electron chi connectivity index (χ2n) is 5.77. The van der Waals surface area contributed by atoms with E-state index in [0.717, 1.165) is 17.5 Å². The Hall–Kier alpha value is -3.28. The topological polar surface area (TPSA) is 80.9 Å². The van der Waals surface area contributed by atoms with Gasteiger partial charge in [-0.3, -0.25) is 9.78 Å². The fraction of sp³-hybridized carbons (Fsp3) is 0.200. The Kier molecular flexibility index (Phi) is 5.88. The van der Waals surface area contributed by atoms with Crippen LogP contribution < -0.4 is 5.32 Å². The van der Waals surface area contributed by atoms with Gasteiger partial charge < -0.3 is 9.84 Å². The molecule has 6 nitrogen and oxygen atoms in total. The Morgan fingerprint density at radius 1 is 1.23 bits per heavy atom. The maximum Gasteiger partial charge on any atom is 0.244 e. The molecule has 0 spiro atoms. The van der Waals surface area contributed by atoms with Crippen LogP contribution in [0.25, 0.3) is 6.08 Å². The molecule has 0 bridgehead atoms. The van der Waals surface area contributed by atoms with Crippen molar-refractivity contribution in [2.45, 2.75) is 25.8 Å². The normalized spacial score (nSPS) is 12.2. The summed E-state index contributed by atoms with van der Waals surface area (Å²) >= 11 is 0. The second kappa shape index (κ2) is 8.71. The molecule has 2 heterocycles. The Bertz CT molecular complexity index is 860. The average Bonchev–Trinajstić information content (AvgIpc) is 3.14. The lowest BCUT2D eigenvalue weighted by Gasteiger charge is -2.14. The molecule has 0 aliphatic rings. The van der Waals surface area contributed by atoms with Gasteiger partial charge in [0.15, 0.2) is 5.82 Å². The monoisotopic (exact) mass is 348 g/mol. The van der Waals surface area contributed by atoms with Gasteiger partial charge in [-0.05, 0) is 29.7 Å². The maximum atomic E-state index is 12.4. The van der Waals surface area contributed by atoms with Gasteiger partial charge in [-0.25, -0.2) is 0 Å². The van der Waals surface area contributed by atoms with Gasteiger partial charge in [0, 0.05) is 24.9 Å². The summed E-state index contributed by atoms with van der Waals surface area (Å²) in [5.41, 5.74) is 1.74. The van der Waals surface area contributed by atoms with Crippen molar-refractivity contribution in [2.75, 3.05) is 0 Å². The predicted molar refractivity (Wildman–Crippen MR) is 98.0 cm³/mol. The minimum Gasteiger partial charge on any atom is -0.339 e. The molecule has 1 amide bonds. The van der Waals surface area contributed by atoms with E-state index in [2.05, 4.69) is 20.4 Å². The summed E-state index contributed by atoms with van der Waals surface area (Å²) in [7, 11) is 0. The number of hydrogen-bond donors (Lipinski definition) is 1. The van der Waals surface area contributed by atoms with Crippen LogP contribution in [0.2, 0.25) is 0 Å². The van der Waals surface area contributed by atoms with Crippen molar-refractivity contribution in [3.8, 4) is 0 Å². The summed E-state index contributed by atoms with van der Waals surface area (Å²) < 4.78 is 5.28. The van der Waals surface area contributed by atoms with Crippen molar-refractivity contribution in [3.63, 3.8) is 0 Å². The van der Waals surface area contributed by atoms with E-state index in [0.29, 0.717) is 18.1 Å². The van der Waals surface area contributed by atoms with Crippen molar-refractivity contribution in [1.29, 1.82) is 0 Å². The summed E-state index contributed by atoms with van der Waals surface area (Å²) in [6.07, 6.45) is 8.19. The van der Waals surface area contributed by atoms with E-state index in [1.165, 1.54) is 6.08 Å². The third-order valence-corrected chi connectivity index (χ3v) is 3.74. The second-order valence-corrected chi connectivity index (χ2v) is 5.77. The highest BCUT2D eigenvalue weighted by Crippen LogP contribution is 2.20. The molecule has 0 saturated heterocycles. The van der Waals surface area contributed by atoms with Gasteiger partial charge in [-0.15, -0.1) is 0 Å². The van der Waals surface area contributed by atoms with Crippen LogP contribution in [-0.4, -0.2) is 21.0 Å². The molecule has 1 N–H and O–H groups in total. The number of aryl methyl sites for hydroxylation is 1. The molecular formula is C20H20N4O2. The lowest BCUT2D eigenvalue weighted by molar-refractivity contribution is -0.117. The first kappa shape index (κ1) is 17.5.